The Kier molecular flexibility index (Phi) is 8.55. The van der Waals surface area contributed by atoms with E-state index in [0.717, 1.165) is 22.7 Å². The van der Waals surface area contributed by atoms with Crippen LogP contribution < -0.4 is 9.80 Å². The zero-order valence-corrected chi connectivity index (χ0v) is 38.3. The van der Waals surface area contributed by atoms with Crippen LogP contribution in [0, 0.1) is 0 Å². The van der Waals surface area contributed by atoms with Gasteiger partial charge in [0.2, 0.25) is 0 Å². The monoisotopic (exact) mass is 858 g/mol. The van der Waals surface area contributed by atoms with E-state index in [1.807, 2.05) is 0 Å². The van der Waals surface area contributed by atoms with Gasteiger partial charge in [0.05, 0.1) is 16.8 Å². The van der Waals surface area contributed by atoms with Gasteiger partial charge in [0, 0.05) is 33.6 Å². The van der Waals surface area contributed by atoms with E-state index in [1.54, 1.807) is 0 Å². The second kappa shape index (κ2) is 14.5. The molecule has 10 aromatic rings. The molecule has 0 aromatic heterocycles. The molecule has 0 atom stereocenters. The number of hydrogen-bond donors (Lipinski definition) is 0. The van der Waals surface area contributed by atoms with Gasteiger partial charge in [-0.2, -0.15) is 0 Å². The molecule has 0 unspecified atom stereocenters. The van der Waals surface area contributed by atoms with E-state index in [1.165, 1.54) is 88.9 Å². The Bertz CT molecular complexity index is 3550. The van der Waals surface area contributed by atoms with Crippen LogP contribution in [0.3, 0.4) is 0 Å². The first-order chi connectivity index (χ1) is 32.7. The first kappa shape index (κ1) is 39.4. The molecule has 0 radical (unpaired) electrons. The van der Waals surface area contributed by atoms with Gasteiger partial charge in [-0.3, -0.25) is 0 Å². The Hall–Kier alpha value is -7.94. The Labute approximate surface area is 394 Å². The molecule has 0 amide bonds. The van der Waals surface area contributed by atoms with E-state index in [0.29, 0.717) is 0 Å². The van der Waals surface area contributed by atoms with Crippen LogP contribution in [0.2, 0.25) is 0 Å². The minimum atomic E-state index is -0.481. The fourth-order valence-electron chi connectivity index (χ4n) is 12.3. The Morgan fingerprint density at radius 1 is 0.313 bits per heavy atom. The van der Waals surface area contributed by atoms with Crippen molar-refractivity contribution >= 4 is 44.9 Å². The molecule has 0 fully saturated rings. The predicted molar refractivity (Wildman–Crippen MR) is 280 cm³/mol. The molecular weight excluding hydrogens is 809 g/mol. The highest BCUT2D eigenvalue weighted by Crippen LogP contribution is 2.59. The van der Waals surface area contributed by atoms with Crippen LogP contribution in [0.5, 0.6) is 0 Å². The predicted octanol–water partition coefficient (Wildman–Crippen LogP) is 17.1. The van der Waals surface area contributed by atoms with Crippen molar-refractivity contribution in [1.29, 1.82) is 0 Å². The molecule has 0 N–H and O–H groups in total. The van der Waals surface area contributed by atoms with Crippen molar-refractivity contribution < 1.29 is 0 Å². The maximum absolute atomic E-state index is 2.54. The molecule has 67 heavy (non-hydrogen) atoms. The summed E-state index contributed by atoms with van der Waals surface area (Å²) in [6.07, 6.45) is 0. The third kappa shape index (κ3) is 5.63. The highest BCUT2D eigenvalue weighted by atomic mass is 15.2. The SMILES string of the molecule is CC1(C)c2ccccc2-c2ccc(N(c3ccc(N4c5ccccc5C(C)(C)c5cc(C6(c7ccccc7)c7ccccc7-c7ccccc76)ccc54)cc3)c3ccc4ccccc4c3)cc21. The zero-order chi connectivity index (χ0) is 45.1. The van der Waals surface area contributed by atoms with Crippen molar-refractivity contribution in [1.82, 2.24) is 0 Å². The number of fused-ring (bicyclic) bond motifs is 9. The van der Waals surface area contributed by atoms with Gasteiger partial charge in [0.15, 0.2) is 0 Å². The molecule has 1 aliphatic heterocycles. The fraction of sp³-hybridized carbons (Fsp3) is 0.108. The standard InChI is InChI=1S/C65H50N2/c1-63(2)55-25-13-10-22-51(55)54-38-37-50(42-59(54)63)66(49-32-30-43-18-8-9-19-44(43)40-49)47-33-35-48(36-34-47)67-61-29-17-16-28-58(61)64(3,4)60-41-46(31-39-62(60)67)65(45-20-6-5-7-21-45)56-26-14-11-23-52(56)53-24-12-15-27-57(53)65/h5-42H,1-4H3. The van der Waals surface area contributed by atoms with Gasteiger partial charge in [-0.25, -0.2) is 0 Å². The number of rotatable bonds is 6. The van der Waals surface area contributed by atoms with Crippen LogP contribution in [-0.4, -0.2) is 0 Å². The number of para-hydroxylation sites is 1. The summed E-state index contributed by atoms with van der Waals surface area (Å²) in [4.78, 5) is 4.92. The lowest BCUT2D eigenvalue weighted by molar-refractivity contribution is 0.627. The molecule has 0 saturated heterocycles. The van der Waals surface area contributed by atoms with Gasteiger partial charge in [0.25, 0.3) is 0 Å². The summed E-state index contributed by atoms with van der Waals surface area (Å²) in [5.41, 5.74) is 21.9. The van der Waals surface area contributed by atoms with Crippen LogP contribution in [0.25, 0.3) is 33.0 Å². The van der Waals surface area contributed by atoms with Crippen molar-refractivity contribution in [2.45, 2.75) is 43.9 Å². The third-order valence-corrected chi connectivity index (χ3v) is 15.5. The van der Waals surface area contributed by atoms with Crippen LogP contribution in [-0.2, 0) is 16.2 Å². The topological polar surface area (TPSA) is 6.48 Å². The summed E-state index contributed by atoms with van der Waals surface area (Å²) in [6.45, 7) is 9.53. The Morgan fingerprint density at radius 3 is 1.54 bits per heavy atom. The lowest BCUT2D eigenvalue weighted by Gasteiger charge is -2.43. The van der Waals surface area contributed by atoms with Gasteiger partial charge in [-0.1, -0.05) is 198 Å². The fourth-order valence-corrected chi connectivity index (χ4v) is 12.3. The molecule has 3 aliphatic rings. The first-order valence-corrected chi connectivity index (χ1v) is 23.7. The molecule has 2 nitrogen and oxygen atoms in total. The van der Waals surface area contributed by atoms with E-state index in [9.17, 15) is 0 Å². The van der Waals surface area contributed by atoms with Crippen molar-refractivity contribution in [2.24, 2.45) is 0 Å². The summed E-state index contributed by atoms with van der Waals surface area (Å²) >= 11 is 0. The summed E-state index contributed by atoms with van der Waals surface area (Å²) < 4.78 is 0. The van der Waals surface area contributed by atoms with Gasteiger partial charge >= 0.3 is 0 Å². The van der Waals surface area contributed by atoms with Crippen molar-refractivity contribution in [3.63, 3.8) is 0 Å². The largest absolute Gasteiger partial charge is 0.310 e. The third-order valence-electron chi connectivity index (χ3n) is 15.5. The molecule has 320 valence electrons. The quantitative estimate of drug-likeness (QED) is 0.164. The highest BCUT2D eigenvalue weighted by molar-refractivity contribution is 5.93. The van der Waals surface area contributed by atoms with Gasteiger partial charge < -0.3 is 9.80 Å². The average molecular weight is 859 g/mol. The molecular formula is C65H50N2. The van der Waals surface area contributed by atoms with Gasteiger partial charge in [-0.15, -0.1) is 0 Å². The van der Waals surface area contributed by atoms with E-state index >= 15 is 0 Å². The first-order valence-electron chi connectivity index (χ1n) is 23.7. The Balaban J connectivity index is 0.970. The van der Waals surface area contributed by atoms with Crippen LogP contribution >= 0.6 is 0 Å². The minimum Gasteiger partial charge on any atom is -0.310 e. The lowest BCUT2D eigenvalue weighted by atomic mass is 9.65. The van der Waals surface area contributed by atoms with E-state index in [-0.39, 0.29) is 10.8 Å². The van der Waals surface area contributed by atoms with Gasteiger partial charge in [-0.05, 0) is 138 Å². The van der Waals surface area contributed by atoms with E-state index in [4.69, 9.17) is 0 Å². The summed E-state index contributed by atoms with van der Waals surface area (Å²) in [6, 6.07) is 86.3. The summed E-state index contributed by atoms with van der Waals surface area (Å²) in [7, 11) is 0. The summed E-state index contributed by atoms with van der Waals surface area (Å²) in [5, 5.41) is 2.45. The van der Waals surface area contributed by atoms with Crippen LogP contribution in [0.1, 0.15) is 72.2 Å². The van der Waals surface area contributed by atoms with Crippen LogP contribution in [0.4, 0.5) is 34.1 Å². The van der Waals surface area contributed by atoms with Gasteiger partial charge in [0.1, 0.15) is 0 Å². The zero-order valence-electron chi connectivity index (χ0n) is 38.3. The maximum atomic E-state index is 2.54. The van der Waals surface area contributed by atoms with Crippen molar-refractivity contribution in [3.8, 4) is 22.3 Å². The molecule has 1 heterocycles. The summed E-state index contributed by atoms with van der Waals surface area (Å²) in [5.74, 6) is 0. The smallest absolute Gasteiger partial charge is 0.0713 e. The van der Waals surface area contributed by atoms with Crippen molar-refractivity contribution in [2.75, 3.05) is 9.80 Å². The minimum absolute atomic E-state index is 0.116. The number of hydrogen-bond acceptors (Lipinski definition) is 2. The second-order valence-electron chi connectivity index (χ2n) is 19.7. The molecule has 0 bridgehead atoms. The second-order valence-corrected chi connectivity index (χ2v) is 19.7. The lowest BCUT2D eigenvalue weighted by Crippen LogP contribution is -2.33. The number of benzene rings is 10. The van der Waals surface area contributed by atoms with Crippen LogP contribution in [0.15, 0.2) is 231 Å². The Morgan fingerprint density at radius 2 is 0.821 bits per heavy atom. The number of nitrogens with zero attached hydrogens (tertiary/aromatic N) is 2. The van der Waals surface area contributed by atoms with E-state index in [2.05, 4.69) is 268 Å². The average Bonchev–Trinajstić information content (AvgIpc) is 3.80. The molecule has 13 rings (SSSR count). The highest BCUT2D eigenvalue weighted by Gasteiger charge is 2.47. The maximum Gasteiger partial charge on any atom is 0.0713 e. The van der Waals surface area contributed by atoms with E-state index < -0.39 is 5.41 Å². The van der Waals surface area contributed by atoms with Crippen molar-refractivity contribution in [3.05, 3.63) is 275 Å². The molecule has 2 heteroatoms. The molecule has 2 aliphatic carbocycles. The molecule has 10 aromatic carbocycles. The number of anilines is 6. The molecule has 0 spiro atoms. The molecule has 0 saturated carbocycles. The normalized spacial score (nSPS) is 15.2.